The number of nitrogens with one attached hydrogen (secondary N) is 2. The van der Waals surface area contributed by atoms with E-state index in [0.29, 0.717) is 25.7 Å². The minimum atomic E-state index is -4.45. The lowest BCUT2D eigenvalue weighted by molar-refractivity contribution is -0.138. The second kappa shape index (κ2) is 6.56. The van der Waals surface area contributed by atoms with Crippen molar-refractivity contribution in [3.05, 3.63) is 29.3 Å². The van der Waals surface area contributed by atoms with Crippen molar-refractivity contribution in [2.24, 2.45) is 0 Å². The summed E-state index contributed by atoms with van der Waals surface area (Å²) in [6.45, 7) is 1.33. The van der Waals surface area contributed by atoms with E-state index < -0.39 is 17.8 Å². The van der Waals surface area contributed by atoms with E-state index in [9.17, 15) is 23.1 Å². The number of amides is 2. The number of anilines is 1. The van der Waals surface area contributed by atoms with Crippen LogP contribution in [0.5, 0.6) is 0 Å². The molecule has 3 N–H and O–H groups in total. The Morgan fingerprint density at radius 3 is 2.45 bits per heavy atom. The molecule has 1 aliphatic rings. The van der Waals surface area contributed by atoms with Crippen molar-refractivity contribution in [1.82, 2.24) is 5.32 Å². The van der Waals surface area contributed by atoms with E-state index >= 15 is 0 Å². The van der Waals surface area contributed by atoms with E-state index in [1.54, 1.807) is 0 Å². The van der Waals surface area contributed by atoms with Crippen molar-refractivity contribution < 1.29 is 23.1 Å². The summed E-state index contributed by atoms with van der Waals surface area (Å²) >= 11 is 0. The third-order valence-corrected chi connectivity index (χ3v) is 3.92. The first-order valence-corrected chi connectivity index (χ1v) is 7.19. The highest BCUT2D eigenvalue weighted by atomic mass is 19.4. The molecule has 1 aromatic carbocycles. The van der Waals surface area contributed by atoms with Gasteiger partial charge in [0.05, 0.1) is 11.7 Å². The summed E-state index contributed by atoms with van der Waals surface area (Å²) in [5.74, 6) is 0. The molecule has 4 nitrogen and oxygen atoms in total. The van der Waals surface area contributed by atoms with E-state index in [1.807, 2.05) is 0 Å². The number of halogens is 3. The van der Waals surface area contributed by atoms with Gasteiger partial charge in [-0.2, -0.15) is 13.2 Å². The summed E-state index contributed by atoms with van der Waals surface area (Å²) in [7, 11) is 0. The van der Waals surface area contributed by atoms with Crippen LogP contribution >= 0.6 is 0 Å². The summed E-state index contributed by atoms with van der Waals surface area (Å²) in [5, 5.41) is 14.6. The van der Waals surface area contributed by atoms with Crippen LogP contribution in [0.25, 0.3) is 0 Å². The van der Waals surface area contributed by atoms with Crippen molar-refractivity contribution >= 4 is 11.7 Å². The number of aliphatic hydroxyl groups is 1. The lowest BCUT2D eigenvalue weighted by Gasteiger charge is -2.26. The van der Waals surface area contributed by atoms with Gasteiger partial charge in [0.15, 0.2) is 0 Å². The molecule has 2 amide bonds. The van der Waals surface area contributed by atoms with Crippen LogP contribution in [0.4, 0.5) is 23.7 Å². The molecule has 0 heterocycles. The van der Waals surface area contributed by atoms with Crippen molar-refractivity contribution in [3.63, 3.8) is 0 Å². The third kappa shape index (κ3) is 4.13. The highest BCUT2D eigenvalue weighted by Gasteiger charge is 2.33. The van der Waals surface area contributed by atoms with Crippen LogP contribution in [-0.4, -0.2) is 23.3 Å². The van der Waals surface area contributed by atoms with Crippen LogP contribution in [0, 0.1) is 6.92 Å². The van der Waals surface area contributed by atoms with Crippen molar-refractivity contribution in [2.75, 3.05) is 5.32 Å². The minimum Gasteiger partial charge on any atom is -0.393 e. The fraction of sp³-hybridized carbons (Fsp3) is 0.533. The maximum absolute atomic E-state index is 12.8. The molecule has 1 saturated carbocycles. The molecular weight excluding hydrogens is 297 g/mol. The molecule has 2 rings (SSSR count). The molecular formula is C15H19F3N2O2. The number of urea groups is 1. The van der Waals surface area contributed by atoms with E-state index in [2.05, 4.69) is 10.6 Å². The zero-order chi connectivity index (χ0) is 16.3. The van der Waals surface area contributed by atoms with Gasteiger partial charge in [-0.15, -0.1) is 0 Å². The molecule has 0 aliphatic heterocycles. The zero-order valence-corrected chi connectivity index (χ0v) is 12.2. The monoisotopic (exact) mass is 316 g/mol. The second-order valence-corrected chi connectivity index (χ2v) is 5.58. The molecule has 0 unspecified atom stereocenters. The van der Waals surface area contributed by atoms with Crippen LogP contribution in [0.15, 0.2) is 18.2 Å². The maximum atomic E-state index is 12.8. The first-order chi connectivity index (χ1) is 10.3. The zero-order valence-electron chi connectivity index (χ0n) is 12.2. The van der Waals surface area contributed by atoms with Gasteiger partial charge in [-0.05, 0) is 50.3 Å². The molecule has 122 valence electrons. The Labute approximate surface area is 126 Å². The topological polar surface area (TPSA) is 61.4 Å². The van der Waals surface area contributed by atoms with Crippen molar-refractivity contribution in [2.45, 2.75) is 50.9 Å². The Morgan fingerprint density at radius 1 is 1.23 bits per heavy atom. The molecule has 0 atom stereocenters. The third-order valence-electron chi connectivity index (χ3n) is 3.92. The molecule has 0 aromatic heterocycles. The van der Waals surface area contributed by atoms with Gasteiger partial charge in [-0.25, -0.2) is 4.79 Å². The van der Waals surface area contributed by atoms with Gasteiger partial charge in [-0.3, -0.25) is 0 Å². The minimum absolute atomic E-state index is 0.00998. The predicted molar refractivity (Wildman–Crippen MR) is 76.6 cm³/mol. The average Bonchev–Trinajstić information content (AvgIpc) is 2.42. The molecule has 22 heavy (non-hydrogen) atoms. The Kier molecular flexibility index (Phi) is 4.95. The van der Waals surface area contributed by atoms with Crippen LogP contribution in [0.2, 0.25) is 0 Å². The Balaban J connectivity index is 2.00. The number of carbonyl (C=O) groups is 1. The van der Waals surface area contributed by atoms with Crippen molar-refractivity contribution in [3.8, 4) is 0 Å². The molecule has 0 saturated heterocycles. The summed E-state index contributed by atoms with van der Waals surface area (Å²) in [6, 6.07) is 3.11. The van der Waals surface area contributed by atoms with Crippen LogP contribution in [0.1, 0.15) is 36.8 Å². The lowest BCUT2D eigenvalue weighted by Crippen LogP contribution is -2.41. The molecule has 0 bridgehead atoms. The number of carbonyl (C=O) groups excluding carboxylic acids is 1. The van der Waals surface area contributed by atoms with Crippen LogP contribution in [-0.2, 0) is 6.18 Å². The molecule has 1 fully saturated rings. The number of alkyl halides is 3. The van der Waals surface area contributed by atoms with Crippen LogP contribution < -0.4 is 10.6 Å². The quantitative estimate of drug-likeness (QED) is 0.783. The molecule has 0 radical (unpaired) electrons. The number of hydrogen-bond donors (Lipinski definition) is 3. The molecule has 7 heteroatoms. The van der Waals surface area contributed by atoms with Gasteiger partial charge in [0.25, 0.3) is 0 Å². The van der Waals surface area contributed by atoms with E-state index in [-0.39, 0.29) is 23.4 Å². The largest absolute Gasteiger partial charge is 0.416 e. The number of rotatable bonds is 2. The van der Waals surface area contributed by atoms with Gasteiger partial charge in [-0.1, -0.05) is 6.07 Å². The Bertz CT molecular complexity index is 538. The highest BCUT2D eigenvalue weighted by Crippen LogP contribution is 2.34. The lowest BCUT2D eigenvalue weighted by atomic mass is 9.93. The van der Waals surface area contributed by atoms with Gasteiger partial charge in [0, 0.05) is 11.7 Å². The first-order valence-electron chi connectivity index (χ1n) is 7.19. The molecule has 1 aliphatic carbocycles. The Hall–Kier alpha value is -1.76. The second-order valence-electron chi connectivity index (χ2n) is 5.58. The van der Waals surface area contributed by atoms with Gasteiger partial charge in [0.1, 0.15) is 0 Å². The fourth-order valence-electron chi connectivity index (χ4n) is 2.64. The number of benzene rings is 1. The van der Waals surface area contributed by atoms with E-state index in [1.165, 1.54) is 19.1 Å². The van der Waals surface area contributed by atoms with E-state index in [0.717, 1.165) is 6.07 Å². The molecule has 0 spiro atoms. The fourth-order valence-corrected chi connectivity index (χ4v) is 2.64. The smallest absolute Gasteiger partial charge is 0.393 e. The Morgan fingerprint density at radius 2 is 1.86 bits per heavy atom. The van der Waals surface area contributed by atoms with Crippen LogP contribution in [0.3, 0.4) is 0 Å². The van der Waals surface area contributed by atoms with Gasteiger partial charge >= 0.3 is 12.2 Å². The summed E-state index contributed by atoms with van der Waals surface area (Å²) in [5.41, 5.74) is -0.626. The molecule has 1 aromatic rings. The summed E-state index contributed by atoms with van der Waals surface area (Å²) in [4.78, 5) is 11.9. The summed E-state index contributed by atoms with van der Waals surface area (Å²) < 4.78 is 38.5. The normalized spacial score (nSPS) is 22.2. The average molecular weight is 316 g/mol. The first kappa shape index (κ1) is 16.6. The number of aliphatic hydroxyl groups excluding tert-OH is 1. The van der Waals surface area contributed by atoms with E-state index in [4.69, 9.17) is 0 Å². The van der Waals surface area contributed by atoms with Gasteiger partial charge < -0.3 is 15.7 Å². The summed E-state index contributed by atoms with van der Waals surface area (Å²) in [6.07, 6.45) is -2.21. The standard InChI is InChI=1S/C15H19F3N2O2/c1-9-12(15(16,17)18)3-2-4-13(9)20-14(22)19-10-5-7-11(21)8-6-10/h2-4,10-11,21H,5-8H2,1H3,(H2,19,20,22). The van der Waals surface area contributed by atoms with Crippen molar-refractivity contribution in [1.29, 1.82) is 0 Å². The predicted octanol–water partition coefficient (Wildman–Crippen LogP) is 3.44. The SMILES string of the molecule is Cc1c(NC(=O)NC2CCC(O)CC2)cccc1C(F)(F)F. The number of hydrogen-bond acceptors (Lipinski definition) is 2. The maximum Gasteiger partial charge on any atom is 0.416 e. The highest BCUT2D eigenvalue weighted by molar-refractivity contribution is 5.90. The van der Waals surface area contributed by atoms with Gasteiger partial charge in [0.2, 0.25) is 0 Å².